The predicted octanol–water partition coefficient (Wildman–Crippen LogP) is 2.53. The summed E-state index contributed by atoms with van der Waals surface area (Å²) in [6.07, 6.45) is 4.97. The number of hydrogen-bond acceptors (Lipinski definition) is 3. The van der Waals surface area contributed by atoms with E-state index in [1.807, 2.05) is 0 Å². The lowest BCUT2D eigenvalue weighted by atomic mass is 9.80. The van der Waals surface area contributed by atoms with E-state index in [-0.39, 0.29) is 11.7 Å². The van der Waals surface area contributed by atoms with Crippen molar-refractivity contribution in [1.29, 1.82) is 0 Å². The van der Waals surface area contributed by atoms with Crippen molar-refractivity contribution in [2.75, 3.05) is 12.3 Å². The Labute approximate surface area is 114 Å². The SMILES string of the molecule is CC1CCCCC1CNC(=O)c1cc(O)ccc1N. The number of benzene rings is 1. The highest BCUT2D eigenvalue weighted by atomic mass is 16.3. The van der Waals surface area contributed by atoms with Crippen molar-refractivity contribution < 1.29 is 9.90 Å². The highest BCUT2D eigenvalue weighted by Crippen LogP contribution is 2.29. The van der Waals surface area contributed by atoms with Crippen molar-refractivity contribution >= 4 is 11.6 Å². The molecule has 0 bridgehead atoms. The molecule has 0 radical (unpaired) electrons. The molecule has 2 atom stereocenters. The van der Waals surface area contributed by atoms with Crippen molar-refractivity contribution in [3.05, 3.63) is 23.8 Å². The lowest BCUT2D eigenvalue weighted by Gasteiger charge is -2.28. The highest BCUT2D eigenvalue weighted by molar-refractivity contribution is 5.99. The number of nitrogens with one attached hydrogen (secondary N) is 1. The molecule has 4 nitrogen and oxygen atoms in total. The summed E-state index contributed by atoms with van der Waals surface area (Å²) in [7, 11) is 0. The molecule has 0 aliphatic heterocycles. The molecule has 1 aliphatic rings. The number of carbonyl (C=O) groups is 1. The van der Waals surface area contributed by atoms with Gasteiger partial charge in [0.25, 0.3) is 5.91 Å². The van der Waals surface area contributed by atoms with Crippen LogP contribution in [0.2, 0.25) is 0 Å². The number of anilines is 1. The molecule has 1 aliphatic carbocycles. The molecule has 104 valence electrons. The van der Waals surface area contributed by atoms with Crippen LogP contribution in [0.15, 0.2) is 18.2 Å². The summed E-state index contributed by atoms with van der Waals surface area (Å²) in [5.41, 5.74) is 6.50. The van der Waals surface area contributed by atoms with Gasteiger partial charge < -0.3 is 16.2 Å². The maximum absolute atomic E-state index is 12.1. The van der Waals surface area contributed by atoms with E-state index in [1.54, 1.807) is 6.07 Å². The molecule has 1 fully saturated rings. The number of phenols is 1. The molecular weight excluding hydrogens is 240 g/mol. The monoisotopic (exact) mass is 262 g/mol. The van der Waals surface area contributed by atoms with Crippen LogP contribution in [-0.2, 0) is 0 Å². The van der Waals surface area contributed by atoms with E-state index in [4.69, 9.17) is 5.73 Å². The first-order valence-electron chi connectivity index (χ1n) is 6.94. The second-order valence-electron chi connectivity index (χ2n) is 5.50. The fourth-order valence-electron chi connectivity index (χ4n) is 2.76. The van der Waals surface area contributed by atoms with Crippen molar-refractivity contribution in [3.8, 4) is 5.75 Å². The summed E-state index contributed by atoms with van der Waals surface area (Å²) < 4.78 is 0. The molecule has 1 amide bonds. The third-order valence-corrected chi connectivity index (χ3v) is 4.10. The van der Waals surface area contributed by atoms with Crippen LogP contribution in [0.4, 0.5) is 5.69 Å². The topological polar surface area (TPSA) is 75.3 Å². The first-order chi connectivity index (χ1) is 9.08. The molecule has 1 aromatic rings. The van der Waals surface area contributed by atoms with Gasteiger partial charge in [-0.3, -0.25) is 4.79 Å². The van der Waals surface area contributed by atoms with Gasteiger partial charge in [0.05, 0.1) is 5.56 Å². The predicted molar refractivity (Wildman–Crippen MR) is 76.0 cm³/mol. The summed E-state index contributed by atoms with van der Waals surface area (Å²) in [5.74, 6) is 1.07. The third-order valence-electron chi connectivity index (χ3n) is 4.10. The van der Waals surface area contributed by atoms with Crippen LogP contribution in [0.25, 0.3) is 0 Å². The minimum Gasteiger partial charge on any atom is -0.508 e. The van der Waals surface area contributed by atoms with Crippen LogP contribution in [0.3, 0.4) is 0 Å². The lowest BCUT2D eigenvalue weighted by molar-refractivity contribution is 0.0937. The van der Waals surface area contributed by atoms with E-state index >= 15 is 0 Å². The molecule has 0 heterocycles. The molecule has 1 saturated carbocycles. The van der Waals surface area contributed by atoms with Gasteiger partial charge in [0.2, 0.25) is 0 Å². The summed E-state index contributed by atoms with van der Waals surface area (Å²) >= 11 is 0. The van der Waals surface area contributed by atoms with Gasteiger partial charge in [-0.05, 0) is 36.5 Å². The molecular formula is C15H22N2O2. The zero-order valence-corrected chi connectivity index (χ0v) is 11.4. The minimum atomic E-state index is -0.203. The number of nitrogen functional groups attached to an aromatic ring is 1. The fourth-order valence-corrected chi connectivity index (χ4v) is 2.76. The number of carbonyl (C=O) groups excluding carboxylic acids is 1. The van der Waals surface area contributed by atoms with Crippen molar-refractivity contribution in [2.45, 2.75) is 32.6 Å². The van der Waals surface area contributed by atoms with Gasteiger partial charge in [0.15, 0.2) is 0 Å². The molecule has 0 saturated heterocycles. The quantitative estimate of drug-likeness (QED) is 0.579. The zero-order chi connectivity index (χ0) is 13.8. The number of aromatic hydroxyl groups is 1. The van der Waals surface area contributed by atoms with Crippen LogP contribution >= 0.6 is 0 Å². The molecule has 2 rings (SSSR count). The Hall–Kier alpha value is -1.71. The second-order valence-corrected chi connectivity index (χ2v) is 5.50. The van der Waals surface area contributed by atoms with Crippen molar-refractivity contribution in [2.24, 2.45) is 11.8 Å². The van der Waals surface area contributed by atoms with Gasteiger partial charge in [-0.1, -0.05) is 26.2 Å². The van der Waals surface area contributed by atoms with Gasteiger partial charge in [0, 0.05) is 12.2 Å². The largest absolute Gasteiger partial charge is 0.508 e. The highest BCUT2D eigenvalue weighted by Gasteiger charge is 2.22. The van der Waals surface area contributed by atoms with Crippen LogP contribution in [0.1, 0.15) is 43.0 Å². The van der Waals surface area contributed by atoms with Gasteiger partial charge in [-0.2, -0.15) is 0 Å². The number of rotatable bonds is 3. The van der Waals surface area contributed by atoms with Gasteiger partial charge in [-0.25, -0.2) is 0 Å². The van der Waals surface area contributed by atoms with Gasteiger partial charge in [-0.15, -0.1) is 0 Å². The fraction of sp³-hybridized carbons (Fsp3) is 0.533. The van der Waals surface area contributed by atoms with Crippen LogP contribution in [-0.4, -0.2) is 17.6 Å². The normalized spacial score (nSPS) is 23.0. The Balaban J connectivity index is 1.95. The second kappa shape index (κ2) is 5.95. The summed E-state index contributed by atoms with van der Waals surface area (Å²) in [5, 5.41) is 12.3. The molecule has 0 aromatic heterocycles. The Kier molecular flexibility index (Phi) is 4.30. The standard InChI is InChI=1S/C15H22N2O2/c1-10-4-2-3-5-11(10)9-17-15(19)13-8-12(18)6-7-14(13)16/h6-8,10-11,18H,2-5,9,16H2,1H3,(H,17,19). The molecule has 4 N–H and O–H groups in total. The van der Waals surface area contributed by atoms with E-state index in [9.17, 15) is 9.90 Å². The van der Waals surface area contributed by atoms with E-state index in [2.05, 4.69) is 12.2 Å². The lowest BCUT2D eigenvalue weighted by Crippen LogP contribution is -2.33. The maximum Gasteiger partial charge on any atom is 0.253 e. The average molecular weight is 262 g/mol. The number of hydrogen-bond donors (Lipinski definition) is 3. The van der Waals surface area contributed by atoms with Gasteiger partial charge >= 0.3 is 0 Å². The van der Waals surface area contributed by atoms with E-state index in [0.717, 1.165) is 0 Å². The van der Waals surface area contributed by atoms with Gasteiger partial charge in [0.1, 0.15) is 5.75 Å². The average Bonchev–Trinajstić information content (AvgIpc) is 2.40. The van der Waals surface area contributed by atoms with Crippen molar-refractivity contribution in [3.63, 3.8) is 0 Å². The van der Waals surface area contributed by atoms with Crippen LogP contribution in [0.5, 0.6) is 5.75 Å². The smallest absolute Gasteiger partial charge is 0.253 e. The van der Waals surface area contributed by atoms with Crippen LogP contribution in [0, 0.1) is 11.8 Å². The first kappa shape index (κ1) is 13.7. The van der Waals surface area contributed by atoms with Crippen LogP contribution < -0.4 is 11.1 Å². The zero-order valence-electron chi connectivity index (χ0n) is 11.4. The minimum absolute atomic E-state index is 0.0605. The molecule has 1 aromatic carbocycles. The summed E-state index contributed by atoms with van der Waals surface area (Å²) in [6, 6.07) is 4.44. The van der Waals surface area contributed by atoms with E-state index < -0.39 is 0 Å². The maximum atomic E-state index is 12.1. The molecule has 19 heavy (non-hydrogen) atoms. The molecule has 2 unspecified atom stereocenters. The van der Waals surface area contributed by atoms with E-state index in [0.29, 0.717) is 29.6 Å². The van der Waals surface area contributed by atoms with Crippen molar-refractivity contribution in [1.82, 2.24) is 5.32 Å². The summed E-state index contributed by atoms with van der Waals surface area (Å²) in [6.45, 7) is 2.94. The van der Waals surface area contributed by atoms with E-state index in [1.165, 1.54) is 37.8 Å². The molecule has 4 heteroatoms. The Morgan fingerprint density at radius 1 is 1.42 bits per heavy atom. The number of phenolic OH excluding ortho intramolecular Hbond substituents is 1. The summed E-state index contributed by atoms with van der Waals surface area (Å²) in [4.78, 5) is 12.1. The first-order valence-corrected chi connectivity index (χ1v) is 6.94. The number of nitrogens with two attached hydrogens (primary N) is 1. The Morgan fingerprint density at radius 3 is 2.89 bits per heavy atom. The number of amides is 1. The molecule has 0 spiro atoms. The third kappa shape index (κ3) is 3.40. The Bertz CT molecular complexity index is 459. The Morgan fingerprint density at radius 2 is 2.16 bits per heavy atom.